The fourth-order valence-electron chi connectivity index (χ4n) is 4.05. The summed E-state index contributed by atoms with van der Waals surface area (Å²) in [6, 6.07) is 10.6. The smallest absolute Gasteiger partial charge is 0.317 e. The second-order valence-electron chi connectivity index (χ2n) is 6.68. The van der Waals surface area contributed by atoms with Crippen LogP contribution in [0.25, 0.3) is 0 Å². The van der Waals surface area contributed by atoms with Crippen LogP contribution in [-0.4, -0.2) is 41.8 Å². The predicted molar refractivity (Wildman–Crippen MR) is 86.8 cm³/mol. The number of nitrogens with one attached hydrogen (secondary N) is 1. The van der Waals surface area contributed by atoms with Crippen molar-refractivity contribution in [3.63, 3.8) is 0 Å². The third kappa shape index (κ3) is 2.98. The molecule has 1 aromatic carbocycles. The Balaban J connectivity index is 1.66. The Kier molecular flexibility index (Phi) is 4.67. The fourth-order valence-corrected chi connectivity index (χ4v) is 4.05. The highest BCUT2D eigenvalue weighted by Gasteiger charge is 2.37. The number of aliphatic hydroxyl groups excluding tert-OH is 1. The molecule has 22 heavy (non-hydrogen) atoms. The summed E-state index contributed by atoms with van der Waals surface area (Å²) >= 11 is 0. The van der Waals surface area contributed by atoms with E-state index in [4.69, 9.17) is 0 Å². The molecule has 2 fully saturated rings. The number of rotatable bonds is 4. The molecule has 3 rings (SSSR count). The highest BCUT2D eigenvalue weighted by Crippen LogP contribution is 2.40. The standard InChI is InChI=1S/C18H26N2O2/c21-13-16-9-6-12-20(16)17(22)19-14-18(10-4-5-11-18)15-7-2-1-3-8-15/h1-3,7-8,16,21H,4-6,9-14H2,(H,19,22). The van der Waals surface area contributed by atoms with E-state index in [0.29, 0.717) is 6.54 Å². The maximum absolute atomic E-state index is 12.4. The molecule has 1 aromatic rings. The summed E-state index contributed by atoms with van der Waals surface area (Å²) in [5.41, 5.74) is 1.43. The van der Waals surface area contributed by atoms with Crippen LogP contribution >= 0.6 is 0 Å². The average molecular weight is 302 g/mol. The molecule has 2 amide bonds. The Morgan fingerprint density at radius 3 is 2.64 bits per heavy atom. The molecular formula is C18H26N2O2. The summed E-state index contributed by atoms with van der Waals surface area (Å²) in [5, 5.41) is 12.5. The normalized spacial score (nSPS) is 23.7. The Bertz CT molecular complexity index is 497. The number of hydrogen-bond acceptors (Lipinski definition) is 2. The van der Waals surface area contributed by atoms with Crippen molar-refractivity contribution in [2.75, 3.05) is 19.7 Å². The van der Waals surface area contributed by atoms with E-state index in [1.807, 2.05) is 6.07 Å². The number of likely N-dealkylation sites (tertiary alicyclic amines) is 1. The molecule has 1 saturated carbocycles. The first-order valence-electron chi connectivity index (χ1n) is 8.46. The zero-order chi connectivity index (χ0) is 15.4. The molecule has 0 spiro atoms. The molecule has 1 aliphatic heterocycles. The number of hydrogen-bond donors (Lipinski definition) is 2. The minimum Gasteiger partial charge on any atom is -0.394 e. The molecule has 4 heteroatoms. The maximum Gasteiger partial charge on any atom is 0.317 e. The van der Waals surface area contributed by atoms with Crippen LogP contribution in [0.5, 0.6) is 0 Å². The van der Waals surface area contributed by atoms with Gasteiger partial charge in [-0.15, -0.1) is 0 Å². The Morgan fingerprint density at radius 1 is 1.23 bits per heavy atom. The van der Waals surface area contributed by atoms with Gasteiger partial charge in [0.05, 0.1) is 12.6 Å². The van der Waals surface area contributed by atoms with Gasteiger partial charge in [-0.25, -0.2) is 4.79 Å². The van der Waals surface area contributed by atoms with Crippen molar-refractivity contribution in [2.45, 2.75) is 50.0 Å². The lowest BCUT2D eigenvalue weighted by atomic mass is 9.79. The Labute approximate surface area is 132 Å². The maximum atomic E-state index is 12.4. The van der Waals surface area contributed by atoms with Gasteiger partial charge in [-0.2, -0.15) is 0 Å². The predicted octanol–water partition coefficient (Wildman–Crippen LogP) is 2.66. The summed E-state index contributed by atoms with van der Waals surface area (Å²) < 4.78 is 0. The van der Waals surface area contributed by atoms with Crippen LogP contribution in [0.2, 0.25) is 0 Å². The van der Waals surface area contributed by atoms with Crippen molar-refractivity contribution in [1.29, 1.82) is 0 Å². The first-order chi connectivity index (χ1) is 10.7. The van der Waals surface area contributed by atoms with Crippen molar-refractivity contribution in [2.24, 2.45) is 0 Å². The number of nitrogens with zero attached hydrogens (tertiary/aromatic N) is 1. The SMILES string of the molecule is O=C(NCC1(c2ccccc2)CCCC1)N1CCCC1CO. The molecule has 1 aliphatic carbocycles. The summed E-state index contributed by atoms with van der Waals surface area (Å²) in [4.78, 5) is 14.2. The van der Waals surface area contributed by atoms with Gasteiger partial charge in [-0.3, -0.25) is 0 Å². The van der Waals surface area contributed by atoms with Crippen molar-refractivity contribution < 1.29 is 9.90 Å². The van der Waals surface area contributed by atoms with Gasteiger partial charge < -0.3 is 15.3 Å². The van der Waals surface area contributed by atoms with Crippen LogP contribution in [0.4, 0.5) is 4.79 Å². The van der Waals surface area contributed by atoms with Gasteiger partial charge >= 0.3 is 6.03 Å². The van der Waals surface area contributed by atoms with Crippen LogP contribution in [0.15, 0.2) is 30.3 Å². The third-order valence-corrected chi connectivity index (χ3v) is 5.37. The monoisotopic (exact) mass is 302 g/mol. The number of amides is 2. The molecule has 0 radical (unpaired) electrons. The molecule has 1 atom stereocenters. The first kappa shape index (κ1) is 15.3. The molecule has 0 bridgehead atoms. The van der Waals surface area contributed by atoms with Gasteiger partial charge in [-0.05, 0) is 31.2 Å². The van der Waals surface area contributed by atoms with Gasteiger partial charge in [0.25, 0.3) is 0 Å². The Hall–Kier alpha value is -1.55. The second kappa shape index (κ2) is 6.69. The number of benzene rings is 1. The molecule has 0 aromatic heterocycles. The van der Waals surface area contributed by atoms with Crippen molar-refractivity contribution in [1.82, 2.24) is 10.2 Å². The van der Waals surface area contributed by atoms with Crippen molar-refractivity contribution in [3.05, 3.63) is 35.9 Å². The fraction of sp³-hybridized carbons (Fsp3) is 0.611. The quantitative estimate of drug-likeness (QED) is 0.898. The van der Waals surface area contributed by atoms with E-state index in [1.54, 1.807) is 4.90 Å². The van der Waals surface area contributed by atoms with E-state index in [-0.39, 0.29) is 24.1 Å². The minimum absolute atomic E-state index is 0.00347. The van der Waals surface area contributed by atoms with Gasteiger partial charge in [0.15, 0.2) is 0 Å². The number of urea groups is 1. The van der Waals surface area contributed by atoms with Crippen LogP contribution in [-0.2, 0) is 5.41 Å². The van der Waals surface area contributed by atoms with Gasteiger partial charge in [-0.1, -0.05) is 43.2 Å². The van der Waals surface area contributed by atoms with Crippen LogP contribution < -0.4 is 5.32 Å². The largest absolute Gasteiger partial charge is 0.394 e. The van der Waals surface area contributed by atoms with Crippen molar-refractivity contribution >= 4 is 6.03 Å². The van der Waals surface area contributed by atoms with Gasteiger partial charge in [0, 0.05) is 18.5 Å². The van der Waals surface area contributed by atoms with E-state index in [0.717, 1.165) is 32.2 Å². The van der Waals surface area contributed by atoms with Gasteiger partial charge in [0.1, 0.15) is 0 Å². The van der Waals surface area contributed by atoms with E-state index in [1.165, 1.54) is 18.4 Å². The number of carbonyl (C=O) groups excluding carboxylic acids is 1. The van der Waals surface area contributed by atoms with Gasteiger partial charge in [0.2, 0.25) is 0 Å². The van der Waals surface area contributed by atoms with E-state index >= 15 is 0 Å². The van der Waals surface area contributed by atoms with Crippen LogP contribution in [0.3, 0.4) is 0 Å². The van der Waals surface area contributed by atoms with Crippen LogP contribution in [0, 0.1) is 0 Å². The molecule has 2 N–H and O–H groups in total. The average Bonchev–Trinajstić information content (AvgIpc) is 3.23. The molecule has 1 heterocycles. The first-order valence-corrected chi connectivity index (χ1v) is 8.46. The molecule has 1 saturated heterocycles. The third-order valence-electron chi connectivity index (χ3n) is 5.37. The molecule has 120 valence electrons. The summed E-state index contributed by atoms with van der Waals surface area (Å²) in [7, 11) is 0. The van der Waals surface area contributed by atoms with E-state index in [2.05, 4.69) is 29.6 Å². The highest BCUT2D eigenvalue weighted by molar-refractivity contribution is 5.75. The second-order valence-corrected chi connectivity index (χ2v) is 6.68. The van der Waals surface area contributed by atoms with Crippen molar-refractivity contribution in [3.8, 4) is 0 Å². The summed E-state index contributed by atoms with van der Waals surface area (Å²) in [6.07, 6.45) is 6.64. The minimum atomic E-state index is -0.0150. The molecule has 2 aliphatic rings. The molecular weight excluding hydrogens is 276 g/mol. The Morgan fingerprint density at radius 2 is 1.95 bits per heavy atom. The number of aliphatic hydroxyl groups is 1. The lowest BCUT2D eigenvalue weighted by molar-refractivity contribution is 0.155. The topological polar surface area (TPSA) is 52.6 Å². The molecule has 4 nitrogen and oxygen atoms in total. The summed E-state index contributed by atoms with van der Waals surface area (Å²) in [6.45, 7) is 1.52. The lowest BCUT2D eigenvalue weighted by Gasteiger charge is -2.32. The lowest BCUT2D eigenvalue weighted by Crippen LogP contribution is -2.48. The van der Waals surface area contributed by atoms with E-state index in [9.17, 15) is 9.90 Å². The van der Waals surface area contributed by atoms with Crippen LogP contribution in [0.1, 0.15) is 44.1 Å². The number of carbonyl (C=O) groups is 1. The highest BCUT2D eigenvalue weighted by atomic mass is 16.3. The summed E-state index contributed by atoms with van der Waals surface area (Å²) in [5.74, 6) is 0. The van der Waals surface area contributed by atoms with E-state index < -0.39 is 0 Å². The molecule has 1 unspecified atom stereocenters. The zero-order valence-electron chi connectivity index (χ0n) is 13.1. The zero-order valence-corrected chi connectivity index (χ0v) is 13.1.